The van der Waals surface area contributed by atoms with Gasteiger partial charge >= 0.3 is 0 Å². The van der Waals surface area contributed by atoms with E-state index in [4.69, 9.17) is 22.7 Å². The quantitative estimate of drug-likeness (QED) is 0.382. The fourth-order valence-corrected chi connectivity index (χ4v) is 4.05. The van der Waals surface area contributed by atoms with Crippen molar-refractivity contribution in [2.24, 2.45) is 0 Å². The van der Waals surface area contributed by atoms with E-state index in [1.807, 2.05) is 51.1 Å². The number of thiophene rings is 1. The smallest absolute Gasteiger partial charge is 0.281 e. The van der Waals surface area contributed by atoms with Crippen LogP contribution >= 0.6 is 23.6 Å². The van der Waals surface area contributed by atoms with Gasteiger partial charge in [-0.2, -0.15) is 0 Å². The Morgan fingerprint density at radius 1 is 1.25 bits per heavy atom. The minimum atomic E-state index is -0.367. The lowest BCUT2D eigenvalue weighted by molar-refractivity contribution is 0.0949. The summed E-state index contributed by atoms with van der Waals surface area (Å²) in [5.74, 6) is 0.410. The molecule has 2 heterocycles. The number of nitrogens with zero attached hydrogens (tertiary/aromatic N) is 1. The normalized spacial score (nSPS) is 10.5. The summed E-state index contributed by atoms with van der Waals surface area (Å²) in [6, 6.07) is 9.29. The number of fused-ring (bicyclic) bond motifs is 1. The van der Waals surface area contributed by atoms with Crippen LogP contribution in [0.25, 0.3) is 10.2 Å². The Balaban J connectivity index is 1.63. The highest BCUT2D eigenvalue weighted by molar-refractivity contribution is 7.80. The van der Waals surface area contributed by atoms with Gasteiger partial charge in [-0.1, -0.05) is 0 Å². The molecule has 146 valence electrons. The summed E-state index contributed by atoms with van der Waals surface area (Å²) in [5.41, 5.74) is 14.5. The van der Waals surface area contributed by atoms with Gasteiger partial charge in [0.2, 0.25) is 0 Å². The lowest BCUT2D eigenvalue weighted by atomic mass is 10.1. The number of hydrazine groups is 1. The maximum atomic E-state index is 12.5. The van der Waals surface area contributed by atoms with Gasteiger partial charge in [0.15, 0.2) is 5.11 Å². The van der Waals surface area contributed by atoms with Crippen LogP contribution < -0.4 is 26.6 Å². The molecule has 0 radical (unpaired) electrons. The van der Waals surface area contributed by atoms with Gasteiger partial charge in [-0.3, -0.25) is 15.6 Å². The third-order valence-electron chi connectivity index (χ3n) is 3.94. The van der Waals surface area contributed by atoms with E-state index in [9.17, 15) is 4.79 Å². The molecule has 0 aliphatic rings. The third-order valence-corrected chi connectivity index (χ3v) is 5.25. The summed E-state index contributed by atoms with van der Waals surface area (Å²) in [4.78, 5) is 18.1. The first-order valence-corrected chi connectivity index (χ1v) is 9.88. The average molecular weight is 416 g/mol. The van der Waals surface area contributed by atoms with E-state index in [-0.39, 0.29) is 11.0 Å². The van der Waals surface area contributed by atoms with Crippen LogP contribution in [0.15, 0.2) is 30.3 Å². The molecule has 0 aliphatic carbocycles. The first-order valence-electron chi connectivity index (χ1n) is 8.65. The zero-order chi connectivity index (χ0) is 20.3. The van der Waals surface area contributed by atoms with Crippen molar-refractivity contribution in [1.82, 2.24) is 15.8 Å². The molecule has 0 aliphatic heterocycles. The Labute approximate surface area is 172 Å². The van der Waals surface area contributed by atoms with E-state index >= 15 is 0 Å². The molecule has 2 aromatic heterocycles. The average Bonchev–Trinajstić information content (AvgIpc) is 2.98. The van der Waals surface area contributed by atoms with Crippen LogP contribution in [0.4, 0.5) is 11.4 Å². The molecule has 3 rings (SSSR count). The number of carbonyl (C=O) groups is 1. The third kappa shape index (κ3) is 4.32. The Bertz CT molecular complexity index is 1030. The summed E-state index contributed by atoms with van der Waals surface area (Å²) in [5, 5.41) is 4.05. The van der Waals surface area contributed by atoms with E-state index in [0.29, 0.717) is 17.2 Å². The minimum Gasteiger partial charge on any atom is -0.494 e. The predicted molar refractivity (Wildman–Crippen MR) is 118 cm³/mol. The van der Waals surface area contributed by atoms with Crippen molar-refractivity contribution in [1.29, 1.82) is 0 Å². The number of benzene rings is 1. The summed E-state index contributed by atoms with van der Waals surface area (Å²) >= 11 is 6.47. The number of rotatable bonds is 4. The van der Waals surface area contributed by atoms with Gasteiger partial charge in [0, 0.05) is 16.8 Å². The number of thiocarbonyl (C=S) groups is 1. The number of amides is 1. The highest BCUT2D eigenvalue weighted by Crippen LogP contribution is 2.34. The summed E-state index contributed by atoms with van der Waals surface area (Å²) < 4.78 is 5.40. The lowest BCUT2D eigenvalue weighted by Crippen LogP contribution is -2.43. The molecule has 0 fully saturated rings. The molecule has 9 heteroatoms. The van der Waals surface area contributed by atoms with Gasteiger partial charge < -0.3 is 15.8 Å². The number of hydrogen-bond donors (Lipinski definition) is 4. The summed E-state index contributed by atoms with van der Waals surface area (Å²) in [6.45, 7) is 6.40. The van der Waals surface area contributed by atoms with Crippen molar-refractivity contribution in [3.05, 3.63) is 46.5 Å². The summed E-state index contributed by atoms with van der Waals surface area (Å²) in [7, 11) is 0. The number of carbonyl (C=O) groups excluding carboxylic acids is 1. The molecule has 1 amide bonds. The van der Waals surface area contributed by atoms with Crippen molar-refractivity contribution in [3.63, 3.8) is 0 Å². The standard InChI is InChI=1S/C19H21N5O2S2/c1-4-26-13-7-5-12(6-8-13)22-19(27)24-23-17(25)16-15(20)14-10(2)9-11(3)21-18(14)28-16/h5-9H,4,20H2,1-3H3,(H,23,25)(H2,22,24,27). The first-order chi connectivity index (χ1) is 13.4. The molecular weight excluding hydrogens is 394 g/mol. The molecule has 0 saturated carbocycles. The van der Waals surface area contributed by atoms with Crippen LogP contribution in [0, 0.1) is 13.8 Å². The van der Waals surface area contributed by atoms with Crippen LogP contribution in [0.1, 0.15) is 27.9 Å². The van der Waals surface area contributed by atoms with Crippen LogP contribution in [-0.4, -0.2) is 22.6 Å². The monoisotopic (exact) mass is 415 g/mol. The van der Waals surface area contributed by atoms with Gasteiger partial charge in [-0.25, -0.2) is 4.98 Å². The van der Waals surface area contributed by atoms with E-state index in [1.54, 1.807) is 0 Å². The van der Waals surface area contributed by atoms with Crippen molar-refractivity contribution in [2.45, 2.75) is 20.8 Å². The first kappa shape index (κ1) is 19.8. The van der Waals surface area contributed by atoms with Crippen LogP contribution in [0.2, 0.25) is 0 Å². The fraction of sp³-hybridized carbons (Fsp3) is 0.211. The highest BCUT2D eigenvalue weighted by Gasteiger charge is 2.19. The molecule has 0 atom stereocenters. The maximum Gasteiger partial charge on any atom is 0.281 e. The zero-order valence-corrected chi connectivity index (χ0v) is 17.4. The SMILES string of the molecule is CCOc1ccc(NC(=S)NNC(=O)c2sc3nc(C)cc(C)c3c2N)cc1. The molecule has 0 bridgehead atoms. The van der Waals surface area contributed by atoms with E-state index in [2.05, 4.69) is 21.2 Å². The molecule has 1 aromatic carbocycles. The fourth-order valence-electron chi connectivity index (χ4n) is 2.77. The van der Waals surface area contributed by atoms with Gasteiger partial charge in [0.05, 0.1) is 12.3 Å². The number of pyridine rings is 1. The van der Waals surface area contributed by atoms with Gasteiger partial charge in [0.25, 0.3) is 5.91 Å². The molecule has 0 saturated heterocycles. The number of aromatic nitrogens is 1. The van der Waals surface area contributed by atoms with Crippen LogP contribution in [-0.2, 0) is 0 Å². The molecule has 0 spiro atoms. The topological polar surface area (TPSA) is 101 Å². The number of nitrogens with two attached hydrogens (primary N) is 1. The molecule has 0 unspecified atom stereocenters. The van der Waals surface area contributed by atoms with Crippen molar-refractivity contribution in [2.75, 3.05) is 17.7 Å². The molecular formula is C19H21N5O2S2. The second-order valence-corrected chi connectivity index (χ2v) is 7.50. The largest absolute Gasteiger partial charge is 0.494 e. The van der Waals surface area contributed by atoms with E-state index in [1.165, 1.54) is 11.3 Å². The van der Waals surface area contributed by atoms with Gasteiger partial charge in [-0.15, -0.1) is 11.3 Å². The highest BCUT2D eigenvalue weighted by atomic mass is 32.1. The van der Waals surface area contributed by atoms with Crippen molar-refractivity contribution >= 4 is 56.2 Å². The number of nitrogens with one attached hydrogen (secondary N) is 3. The second-order valence-electron chi connectivity index (χ2n) is 6.10. The molecule has 28 heavy (non-hydrogen) atoms. The van der Waals surface area contributed by atoms with Crippen molar-refractivity contribution in [3.8, 4) is 5.75 Å². The molecule has 3 aromatic rings. The predicted octanol–water partition coefficient (Wildman–Crippen LogP) is 3.53. The second kappa shape index (κ2) is 8.41. The minimum absolute atomic E-state index is 0.252. The summed E-state index contributed by atoms with van der Waals surface area (Å²) in [6.07, 6.45) is 0. The molecule has 5 N–H and O–H groups in total. The Hall–Kier alpha value is -2.91. The Morgan fingerprint density at radius 3 is 2.64 bits per heavy atom. The number of aryl methyl sites for hydroxylation is 2. The lowest BCUT2D eigenvalue weighted by Gasteiger charge is -2.12. The Kier molecular flexibility index (Phi) is 5.96. The van der Waals surface area contributed by atoms with E-state index in [0.717, 1.165) is 32.9 Å². The van der Waals surface area contributed by atoms with Gasteiger partial charge in [-0.05, 0) is 68.9 Å². The van der Waals surface area contributed by atoms with Crippen molar-refractivity contribution < 1.29 is 9.53 Å². The molecule has 7 nitrogen and oxygen atoms in total. The van der Waals surface area contributed by atoms with Gasteiger partial charge in [0.1, 0.15) is 15.5 Å². The Morgan fingerprint density at radius 2 is 1.96 bits per heavy atom. The number of nitrogen functional groups attached to an aromatic ring is 1. The number of ether oxygens (including phenoxy) is 1. The van der Waals surface area contributed by atoms with Crippen LogP contribution in [0.5, 0.6) is 5.75 Å². The number of hydrogen-bond acceptors (Lipinski definition) is 6. The van der Waals surface area contributed by atoms with Crippen LogP contribution in [0.3, 0.4) is 0 Å². The zero-order valence-electron chi connectivity index (χ0n) is 15.8. The number of anilines is 2. The maximum absolute atomic E-state index is 12.5. The van der Waals surface area contributed by atoms with E-state index < -0.39 is 0 Å².